The minimum absolute atomic E-state index is 0.0596. The van der Waals surface area contributed by atoms with E-state index in [9.17, 15) is 5.11 Å². The van der Waals surface area contributed by atoms with E-state index in [1.165, 1.54) is 51.6 Å². The van der Waals surface area contributed by atoms with Crippen molar-refractivity contribution in [3.8, 4) is 0 Å². The third-order valence-corrected chi connectivity index (χ3v) is 4.12. The van der Waals surface area contributed by atoms with Gasteiger partial charge in [0.1, 0.15) is 0 Å². The van der Waals surface area contributed by atoms with Crippen LogP contribution in [0.3, 0.4) is 0 Å². The van der Waals surface area contributed by atoms with Crippen molar-refractivity contribution in [2.75, 3.05) is 13.1 Å². The highest BCUT2D eigenvalue weighted by molar-refractivity contribution is 4.85. The van der Waals surface area contributed by atoms with Gasteiger partial charge in [0.05, 0.1) is 6.10 Å². The highest BCUT2D eigenvalue weighted by atomic mass is 16.3. The Kier molecular flexibility index (Phi) is 4.04. The minimum atomic E-state index is -0.0596. The standard InChI is InChI=1S/C13H25NO/c1-11-8-9-14(10-11)12-6-4-2-3-5-7-13(12)15/h11-13,15H,2-10H2,1H3. The van der Waals surface area contributed by atoms with Crippen LogP contribution >= 0.6 is 0 Å². The van der Waals surface area contributed by atoms with Crippen LogP contribution in [0.5, 0.6) is 0 Å². The molecule has 3 unspecified atom stereocenters. The summed E-state index contributed by atoms with van der Waals surface area (Å²) in [6, 6.07) is 0.468. The van der Waals surface area contributed by atoms with Crippen LogP contribution in [-0.2, 0) is 0 Å². The summed E-state index contributed by atoms with van der Waals surface area (Å²) in [6.07, 6.45) is 8.73. The van der Waals surface area contributed by atoms with Gasteiger partial charge in [-0.25, -0.2) is 0 Å². The van der Waals surface area contributed by atoms with Crippen LogP contribution in [0.1, 0.15) is 51.9 Å². The zero-order valence-electron chi connectivity index (χ0n) is 9.99. The van der Waals surface area contributed by atoms with Gasteiger partial charge >= 0.3 is 0 Å². The predicted molar refractivity (Wildman–Crippen MR) is 62.9 cm³/mol. The lowest BCUT2D eigenvalue weighted by atomic mass is 9.93. The number of aliphatic hydroxyl groups is 1. The van der Waals surface area contributed by atoms with E-state index < -0.39 is 0 Å². The van der Waals surface area contributed by atoms with Gasteiger partial charge in [0, 0.05) is 12.6 Å². The maximum atomic E-state index is 10.2. The van der Waals surface area contributed by atoms with Crippen molar-refractivity contribution in [3.05, 3.63) is 0 Å². The molecular weight excluding hydrogens is 186 g/mol. The molecule has 2 aliphatic rings. The summed E-state index contributed by atoms with van der Waals surface area (Å²) in [5.74, 6) is 0.836. The maximum Gasteiger partial charge on any atom is 0.0695 e. The van der Waals surface area contributed by atoms with Gasteiger partial charge in [-0.05, 0) is 31.7 Å². The molecule has 2 heteroatoms. The molecule has 2 fully saturated rings. The minimum Gasteiger partial charge on any atom is -0.391 e. The molecule has 15 heavy (non-hydrogen) atoms. The van der Waals surface area contributed by atoms with Gasteiger partial charge < -0.3 is 5.11 Å². The molecule has 0 bridgehead atoms. The third-order valence-electron chi connectivity index (χ3n) is 4.12. The summed E-state index contributed by atoms with van der Waals surface area (Å²) in [5.41, 5.74) is 0. The summed E-state index contributed by atoms with van der Waals surface area (Å²) in [5, 5.41) is 10.2. The van der Waals surface area contributed by atoms with E-state index in [0.717, 1.165) is 12.3 Å². The number of rotatable bonds is 1. The lowest BCUT2D eigenvalue weighted by molar-refractivity contribution is 0.0416. The number of nitrogens with zero attached hydrogens (tertiary/aromatic N) is 1. The van der Waals surface area contributed by atoms with E-state index >= 15 is 0 Å². The summed E-state index contributed by atoms with van der Waals surface area (Å²) < 4.78 is 0. The first-order valence-corrected chi connectivity index (χ1v) is 6.69. The largest absolute Gasteiger partial charge is 0.391 e. The fourth-order valence-electron chi connectivity index (χ4n) is 3.14. The molecule has 2 rings (SSSR count). The molecule has 0 radical (unpaired) electrons. The van der Waals surface area contributed by atoms with Crippen molar-refractivity contribution < 1.29 is 5.11 Å². The molecule has 1 aliphatic carbocycles. The van der Waals surface area contributed by atoms with Crippen molar-refractivity contribution in [2.24, 2.45) is 5.92 Å². The molecule has 3 atom stereocenters. The average molecular weight is 211 g/mol. The molecule has 2 nitrogen and oxygen atoms in total. The second-order valence-electron chi connectivity index (χ2n) is 5.52. The van der Waals surface area contributed by atoms with E-state index in [4.69, 9.17) is 0 Å². The first kappa shape index (κ1) is 11.4. The highest BCUT2D eigenvalue weighted by Gasteiger charge is 2.30. The fraction of sp³-hybridized carbons (Fsp3) is 1.00. The number of aliphatic hydroxyl groups excluding tert-OH is 1. The summed E-state index contributed by atoms with van der Waals surface area (Å²) in [4.78, 5) is 2.54. The normalized spacial score (nSPS) is 40.0. The Labute approximate surface area is 93.7 Å². The second-order valence-corrected chi connectivity index (χ2v) is 5.52. The zero-order valence-corrected chi connectivity index (χ0v) is 9.99. The monoisotopic (exact) mass is 211 g/mol. The van der Waals surface area contributed by atoms with Gasteiger partial charge in [-0.1, -0.05) is 32.6 Å². The SMILES string of the molecule is CC1CCN(C2CCCCCCC2O)C1. The molecule has 0 aromatic rings. The first-order valence-electron chi connectivity index (χ1n) is 6.69. The Morgan fingerprint density at radius 1 is 1.00 bits per heavy atom. The fourth-order valence-corrected chi connectivity index (χ4v) is 3.14. The highest BCUT2D eigenvalue weighted by Crippen LogP contribution is 2.26. The average Bonchev–Trinajstić information content (AvgIpc) is 2.59. The van der Waals surface area contributed by atoms with E-state index in [2.05, 4.69) is 11.8 Å². The maximum absolute atomic E-state index is 10.2. The summed E-state index contributed by atoms with van der Waals surface area (Å²) in [6.45, 7) is 4.75. The van der Waals surface area contributed by atoms with Crippen LogP contribution in [0.25, 0.3) is 0 Å². The van der Waals surface area contributed by atoms with E-state index in [0.29, 0.717) is 6.04 Å². The Bertz CT molecular complexity index is 195. The predicted octanol–water partition coefficient (Wildman–Crippen LogP) is 2.41. The number of likely N-dealkylation sites (tertiary alicyclic amines) is 1. The van der Waals surface area contributed by atoms with Gasteiger partial charge in [0.2, 0.25) is 0 Å². The van der Waals surface area contributed by atoms with Crippen molar-refractivity contribution in [1.29, 1.82) is 0 Å². The van der Waals surface area contributed by atoms with E-state index in [1.807, 2.05) is 0 Å². The Morgan fingerprint density at radius 3 is 2.40 bits per heavy atom. The van der Waals surface area contributed by atoms with Crippen LogP contribution in [0.4, 0.5) is 0 Å². The van der Waals surface area contributed by atoms with Crippen molar-refractivity contribution in [2.45, 2.75) is 64.0 Å². The van der Waals surface area contributed by atoms with Gasteiger partial charge in [-0.2, -0.15) is 0 Å². The second kappa shape index (κ2) is 5.31. The molecule has 1 heterocycles. The molecule has 1 saturated heterocycles. The van der Waals surface area contributed by atoms with Gasteiger partial charge in [-0.15, -0.1) is 0 Å². The summed E-state index contributed by atoms with van der Waals surface area (Å²) in [7, 11) is 0. The van der Waals surface area contributed by atoms with Gasteiger partial charge in [-0.3, -0.25) is 4.90 Å². The van der Waals surface area contributed by atoms with E-state index in [1.54, 1.807) is 0 Å². The van der Waals surface area contributed by atoms with Crippen molar-refractivity contribution >= 4 is 0 Å². The van der Waals surface area contributed by atoms with Crippen LogP contribution in [-0.4, -0.2) is 35.2 Å². The number of hydrogen-bond acceptors (Lipinski definition) is 2. The zero-order chi connectivity index (χ0) is 10.7. The molecule has 0 spiro atoms. The molecule has 1 saturated carbocycles. The number of hydrogen-bond donors (Lipinski definition) is 1. The van der Waals surface area contributed by atoms with Crippen LogP contribution in [0, 0.1) is 5.92 Å². The van der Waals surface area contributed by atoms with Crippen LogP contribution in [0.2, 0.25) is 0 Å². The molecule has 1 N–H and O–H groups in total. The molecule has 88 valence electrons. The van der Waals surface area contributed by atoms with Crippen LogP contribution in [0.15, 0.2) is 0 Å². The molecule has 0 aromatic carbocycles. The lowest BCUT2D eigenvalue weighted by Crippen LogP contribution is -2.42. The molecular formula is C13H25NO. The molecule has 1 aliphatic heterocycles. The third kappa shape index (κ3) is 2.94. The summed E-state index contributed by atoms with van der Waals surface area (Å²) >= 11 is 0. The quantitative estimate of drug-likeness (QED) is 0.720. The van der Waals surface area contributed by atoms with Crippen LogP contribution < -0.4 is 0 Å². The smallest absolute Gasteiger partial charge is 0.0695 e. The lowest BCUT2D eigenvalue weighted by Gasteiger charge is -2.33. The Balaban J connectivity index is 1.91. The van der Waals surface area contributed by atoms with Crippen molar-refractivity contribution in [1.82, 2.24) is 4.90 Å². The van der Waals surface area contributed by atoms with E-state index in [-0.39, 0.29) is 6.10 Å². The van der Waals surface area contributed by atoms with Gasteiger partial charge in [0.25, 0.3) is 0 Å². The molecule has 0 amide bonds. The van der Waals surface area contributed by atoms with Crippen molar-refractivity contribution in [3.63, 3.8) is 0 Å². The topological polar surface area (TPSA) is 23.5 Å². The molecule has 0 aromatic heterocycles. The first-order chi connectivity index (χ1) is 7.27. The Hall–Kier alpha value is -0.0800. The Morgan fingerprint density at radius 2 is 1.73 bits per heavy atom. The van der Waals surface area contributed by atoms with Gasteiger partial charge in [0.15, 0.2) is 0 Å².